The Morgan fingerprint density at radius 1 is 1.44 bits per heavy atom. The summed E-state index contributed by atoms with van der Waals surface area (Å²) >= 11 is 4.91. The number of hydrogen-bond donors (Lipinski definition) is 2. The van der Waals surface area contributed by atoms with Crippen LogP contribution in [0.1, 0.15) is 16.5 Å². The number of hydrogen-bond acceptors (Lipinski definition) is 4. The molecular weight excluding hydrogens is 288 g/mol. The highest BCUT2D eigenvalue weighted by molar-refractivity contribution is 9.11. The van der Waals surface area contributed by atoms with Crippen molar-refractivity contribution in [3.63, 3.8) is 0 Å². The van der Waals surface area contributed by atoms with Crippen molar-refractivity contribution in [3.8, 4) is 0 Å². The highest BCUT2D eigenvalue weighted by atomic mass is 79.9. The average Bonchev–Trinajstić information content (AvgIpc) is 2.65. The summed E-state index contributed by atoms with van der Waals surface area (Å²) in [6, 6.07) is 7.50. The molecule has 2 rings (SSSR count). The maximum absolute atomic E-state index is 10.0. The minimum atomic E-state index is -0.488. The first-order valence-corrected chi connectivity index (χ1v) is 6.40. The first-order valence-electron chi connectivity index (χ1n) is 4.79. The number of aliphatic hydroxyl groups is 1. The van der Waals surface area contributed by atoms with Crippen LogP contribution < -0.4 is 5.73 Å². The lowest BCUT2D eigenvalue weighted by Crippen LogP contribution is -2.00. The molecule has 0 aliphatic carbocycles. The highest BCUT2D eigenvalue weighted by Crippen LogP contribution is 2.29. The van der Waals surface area contributed by atoms with E-state index < -0.39 is 6.10 Å². The number of pyridine rings is 1. The van der Waals surface area contributed by atoms with Crippen molar-refractivity contribution in [1.29, 1.82) is 0 Å². The van der Waals surface area contributed by atoms with Gasteiger partial charge < -0.3 is 10.8 Å². The minimum absolute atomic E-state index is 0.483. The summed E-state index contributed by atoms with van der Waals surface area (Å²) in [5.41, 5.74) is 6.57. The molecule has 0 aliphatic heterocycles. The molecule has 2 heterocycles. The number of thiophene rings is 1. The van der Waals surface area contributed by atoms with Crippen LogP contribution in [0, 0.1) is 0 Å². The second kappa shape index (κ2) is 4.95. The van der Waals surface area contributed by atoms with Gasteiger partial charge in [0.2, 0.25) is 0 Å². The fraction of sp³-hybridized carbons (Fsp3) is 0.182. The van der Waals surface area contributed by atoms with E-state index in [0.717, 1.165) is 14.2 Å². The molecule has 1 unspecified atom stereocenters. The number of aliphatic hydroxyl groups excluding tert-OH is 1. The van der Waals surface area contributed by atoms with Crippen molar-refractivity contribution in [3.05, 3.63) is 44.7 Å². The molecule has 3 nitrogen and oxygen atoms in total. The second-order valence-electron chi connectivity index (χ2n) is 3.45. The maximum atomic E-state index is 10.0. The number of aromatic nitrogens is 1. The third kappa shape index (κ3) is 2.81. The van der Waals surface area contributed by atoms with Crippen molar-refractivity contribution >= 4 is 33.1 Å². The van der Waals surface area contributed by atoms with Crippen LogP contribution in [0.2, 0.25) is 0 Å². The van der Waals surface area contributed by atoms with E-state index >= 15 is 0 Å². The van der Waals surface area contributed by atoms with Gasteiger partial charge in [-0.2, -0.15) is 0 Å². The number of nitrogens with two attached hydrogens (primary N) is 1. The molecule has 2 aromatic rings. The van der Waals surface area contributed by atoms with E-state index in [4.69, 9.17) is 5.73 Å². The molecule has 84 valence electrons. The van der Waals surface area contributed by atoms with E-state index in [-0.39, 0.29) is 0 Å². The van der Waals surface area contributed by atoms with Gasteiger partial charge in [0.1, 0.15) is 5.82 Å². The molecule has 1 atom stereocenters. The number of halogens is 1. The first kappa shape index (κ1) is 11.6. The minimum Gasteiger partial charge on any atom is -0.387 e. The number of nitrogens with zero attached hydrogens (tertiary/aromatic N) is 1. The van der Waals surface area contributed by atoms with Crippen LogP contribution in [-0.4, -0.2) is 10.1 Å². The fourth-order valence-electron chi connectivity index (χ4n) is 1.45. The third-order valence-electron chi connectivity index (χ3n) is 2.20. The summed E-state index contributed by atoms with van der Waals surface area (Å²) in [6.45, 7) is 0. The van der Waals surface area contributed by atoms with E-state index in [1.54, 1.807) is 12.3 Å². The summed E-state index contributed by atoms with van der Waals surface area (Å²) in [5.74, 6) is 0.483. The lowest BCUT2D eigenvalue weighted by atomic mass is 10.1. The van der Waals surface area contributed by atoms with Gasteiger partial charge in [-0.25, -0.2) is 4.98 Å². The number of rotatable bonds is 3. The van der Waals surface area contributed by atoms with Gasteiger partial charge in [-0.3, -0.25) is 0 Å². The molecule has 0 aromatic carbocycles. The Labute approximate surface area is 106 Å². The topological polar surface area (TPSA) is 59.1 Å². The molecular formula is C11H11BrN2OS. The summed E-state index contributed by atoms with van der Waals surface area (Å²) in [6.07, 6.45) is 1.72. The van der Waals surface area contributed by atoms with Gasteiger partial charge in [0, 0.05) is 17.5 Å². The smallest absolute Gasteiger partial charge is 0.123 e. The fourth-order valence-corrected chi connectivity index (χ4v) is 2.86. The normalized spacial score (nSPS) is 12.6. The van der Waals surface area contributed by atoms with Crippen LogP contribution in [-0.2, 0) is 6.42 Å². The summed E-state index contributed by atoms with van der Waals surface area (Å²) in [5, 5.41) is 10.0. The Hall–Kier alpha value is -0.910. The zero-order valence-corrected chi connectivity index (χ0v) is 10.8. The molecule has 0 spiro atoms. The molecule has 5 heteroatoms. The lowest BCUT2D eigenvalue weighted by molar-refractivity contribution is 0.182. The van der Waals surface area contributed by atoms with Crippen LogP contribution >= 0.6 is 27.3 Å². The largest absolute Gasteiger partial charge is 0.387 e. The van der Waals surface area contributed by atoms with Gasteiger partial charge in [0.15, 0.2) is 0 Å². The summed E-state index contributed by atoms with van der Waals surface area (Å²) < 4.78 is 1.02. The standard InChI is InChI=1S/C11H11BrN2OS/c12-10-2-1-9(16-10)8(15)5-7-3-4-14-11(13)6-7/h1-4,6,8,15H,5H2,(H2,13,14). The highest BCUT2D eigenvalue weighted by Gasteiger charge is 2.11. The predicted molar refractivity (Wildman–Crippen MR) is 69.3 cm³/mol. The monoisotopic (exact) mass is 298 g/mol. The molecule has 0 saturated carbocycles. The van der Waals surface area contributed by atoms with E-state index in [0.29, 0.717) is 12.2 Å². The lowest BCUT2D eigenvalue weighted by Gasteiger charge is -2.08. The predicted octanol–water partition coefficient (Wildman–Crippen LogP) is 2.76. The summed E-state index contributed by atoms with van der Waals surface area (Å²) in [4.78, 5) is 4.86. The summed E-state index contributed by atoms with van der Waals surface area (Å²) in [7, 11) is 0. The third-order valence-corrected chi connectivity index (χ3v) is 3.92. The van der Waals surface area contributed by atoms with Crippen molar-refractivity contribution in [2.24, 2.45) is 0 Å². The van der Waals surface area contributed by atoms with E-state index in [1.807, 2.05) is 18.2 Å². The van der Waals surface area contributed by atoms with Crippen LogP contribution in [0.5, 0.6) is 0 Å². The Kier molecular flexibility index (Phi) is 3.58. The van der Waals surface area contributed by atoms with Crippen molar-refractivity contribution in [2.45, 2.75) is 12.5 Å². The molecule has 0 amide bonds. The van der Waals surface area contributed by atoms with Gasteiger partial charge >= 0.3 is 0 Å². The Morgan fingerprint density at radius 2 is 2.25 bits per heavy atom. The van der Waals surface area contributed by atoms with Crippen LogP contribution in [0.4, 0.5) is 5.82 Å². The van der Waals surface area contributed by atoms with Crippen LogP contribution in [0.15, 0.2) is 34.2 Å². The molecule has 0 saturated heterocycles. The van der Waals surface area contributed by atoms with Crippen molar-refractivity contribution in [1.82, 2.24) is 4.98 Å². The van der Waals surface area contributed by atoms with Crippen LogP contribution in [0.25, 0.3) is 0 Å². The van der Waals surface area contributed by atoms with E-state index in [1.165, 1.54) is 11.3 Å². The molecule has 0 bridgehead atoms. The van der Waals surface area contributed by atoms with Gasteiger partial charge in [0.25, 0.3) is 0 Å². The molecule has 0 radical (unpaired) electrons. The molecule has 16 heavy (non-hydrogen) atoms. The first-order chi connectivity index (χ1) is 7.65. The van der Waals surface area contributed by atoms with Gasteiger partial charge in [-0.1, -0.05) is 0 Å². The molecule has 3 N–H and O–H groups in total. The zero-order valence-electron chi connectivity index (χ0n) is 8.43. The van der Waals surface area contributed by atoms with E-state index in [9.17, 15) is 5.11 Å². The number of anilines is 1. The van der Waals surface area contributed by atoms with Crippen molar-refractivity contribution in [2.75, 3.05) is 5.73 Å². The Balaban J connectivity index is 2.10. The Morgan fingerprint density at radius 3 is 2.88 bits per heavy atom. The van der Waals surface area contributed by atoms with Crippen LogP contribution in [0.3, 0.4) is 0 Å². The molecule has 2 aromatic heterocycles. The van der Waals surface area contributed by atoms with Gasteiger partial charge in [-0.15, -0.1) is 11.3 Å². The Bertz CT molecular complexity index is 486. The molecule has 0 aliphatic rings. The van der Waals surface area contributed by atoms with E-state index in [2.05, 4.69) is 20.9 Å². The quantitative estimate of drug-likeness (QED) is 0.916. The van der Waals surface area contributed by atoms with Gasteiger partial charge in [-0.05, 0) is 45.8 Å². The zero-order chi connectivity index (χ0) is 11.5. The second-order valence-corrected chi connectivity index (χ2v) is 5.95. The number of nitrogen functional groups attached to an aromatic ring is 1. The SMILES string of the molecule is Nc1cc(CC(O)c2ccc(Br)s2)ccn1. The van der Waals surface area contributed by atoms with Crippen molar-refractivity contribution < 1.29 is 5.11 Å². The van der Waals surface area contributed by atoms with Gasteiger partial charge in [0.05, 0.1) is 9.89 Å². The molecule has 0 fully saturated rings. The average molecular weight is 299 g/mol. The maximum Gasteiger partial charge on any atom is 0.123 e.